The number of thiocarbonyl (C=S) groups is 1. The van der Waals surface area contributed by atoms with E-state index in [1.807, 2.05) is 30.8 Å². The maximum Gasteiger partial charge on any atom is 0.340 e. The van der Waals surface area contributed by atoms with E-state index in [0.29, 0.717) is 22.2 Å². The van der Waals surface area contributed by atoms with Crippen LogP contribution in [0.1, 0.15) is 27.9 Å². The average molecular weight is 338 g/mol. The highest BCUT2D eigenvalue weighted by atomic mass is 32.1. The monoisotopic (exact) mass is 338 g/mol. The van der Waals surface area contributed by atoms with E-state index in [-0.39, 0.29) is 5.97 Å². The molecule has 0 saturated carbocycles. The number of methoxy groups -OCH3 is 1. The van der Waals surface area contributed by atoms with Crippen molar-refractivity contribution in [1.82, 2.24) is 15.1 Å². The zero-order valence-corrected chi connectivity index (χ0v) is 14.3. The Morgan fingerprint density at radius 3 is 2.95 bits per heavy atom. The molecule has 22 heavy (non-hydrogen) atoms. The molecule has 118 valence electrons. The smallest absolute Gasteiger partial charge is 0.340 e. The second kappa shape index (κ2) is 7.37. The number of nitrogens with one attached hydrogen (secondary N) is 2. The van der Waals surface area contributed by atoms with Crippen LogP contribution in [0.5, 0.6) is 0 Å². The fourth-order valence-electron chi connectivity index (χ4n) is 1.86. The van der Waals surface area contributed by atoms with Gasteiger partial charge in [-0.05, 0) is 38.2 Å². The molecule has 2 N–H and O–H groups in total. The van der Waals surface area contributed by atoms with Gasteiger partial charge in [0, 0.05) is 17.6 Å². The van der Waals surface area contributed by atoms with Crippen LogP contribution < -0.4 is 10.6 Å². The average Bonchev–Trinajstić information content (AvgIpc) is 3.10. The van der Waals surface area contributed by atoms with Gasteiger partial charge in [0.15, 0.2) is 5.11 Å². The van der Waals surface area contributed by atoms with Crippen molar-refractivity contribution in [3.05, 3.63) is 34.5 Å². The van der Waals surface area contributed by atoms with E-state index in [4.69, 9.17) is 17.0 Å². The summed E-state index contributed by atoms with van der Waals surface area (Å²) in [6.45, 7) is 5.32. The summed E-state index contributed by atoms with van der Waals surface area (Å²) in [5.74, 6) is -0.378. The lowest BCUT2D eigenvalue weighted by Crippen LogP contribution is -2.28. The summed E-state index contributed by atoms with van der Waals surface area (Å²) in [5.41, 5.74) is 1.39. The summed E-state index contributed by atoms with van der Waals surface area (Å²) >= 11 is 6.72. The van der Waals surface area contributed by atoms with Crippen molar-refractivity contribution in [1.29, 1.82) is 0 Å². The van der Waals surface area contributed by atoms with Crippen LogP contribution in [0.2, 0.25) is 0 Å². The van der Waals surface area contributed by atoms with Gasteiger partial charge >= 0.3 is 5.97 Å². The highest BCUT2D eigenvalue weighted by Gasteiger charge is 2.16. The fourth-order valence-corrected chi connectivity index (χ4v) is 3.00. The maximum absolute atomic E-state index is 11.7. The van der Waals surface area contributed by atoms with Gasteiger partial charge in [0.1, 0.15) is 5.00 Å². The third kappa shape index (κ3) is 4.05. The molecule has 0 bridgehead atoms. The number of rotatable bonds is 5. The van der Waals surface area contributed by atoms with Crippen LogP contribution >= 0.6 is 23.6 Å². The molecule has 0 saturated heterocycles. The van der Waals surface area contributed by atoms with Crippen LogP contribution in [0.3, 0.4) is 0 Å². The van der Waals surface area contributed by atoms with Crippen LogP contribution in [0.4, 0.5) is 5.00 Å². The van der Waals surface area contributed by atoms with Gasteiger partial charge in [-0.3, -0.25) is 4.68 Å². The Labute approximate surface area is 138 Å². The molecule has 2 heterocycles. The molecule has 0 radical (unpaired) electrons. The Bertz CT molecular complexity index is 678. The lowest BCUT2D eigenvalue weighted by atomic mass is 10.3. The van der Waals surface area contributed by atoms with Crippen LogP contribution in [-0.2, 0) is 17.8 Å². The molecule has 0 amide bonds. The van der Waals surface area contributed by atoms with E-state index in [9.17, 15) is 4.79 Å². The number of thiophene rings is 1. The SMILES string of the molecule is CCn1ccc(CNC(=S)Nc2sc(C)cc2C(=O)OC)n1. The van der Waals surface area contributed by atoms with Crippen LogP contribution in [0.15, 0.2) is 18.3 Å². The summed E-state index contributed by atoms with van der Waals surface area (Å²) in [5, 5.41) is 11.6. The van der Waals surface area contributed by atoms with Crippen molar-refractivity contribution in [3.8, 4) is 0 Å². The van der Waals surface area contributed by atoms with E-state index >= 15 is 0 Å². The van der Waals surface area contributed by atoms with Crippen molar-refractivity contribution in [2.24, 2.45) is 0 Å². The normalized spacial score (nSPS) is 10.3. The van der Waals surface area contributed by atoms with Gasteiger partial charge < -0.3 is 15.4 Å². The number of anilines is 1. The number of aromatic nitrogens is 2. The molecule has 0 atom stereocenters. The first kappa shape index (κ1) is 16.4. The van der Waals surface area contributed by atoms with E-state index in [1.165, 1.54) is 18.4 Å². The lowest BCUT2D eigenvalue weighted by molar-refractivity contribution is 0.0602. The lowest BCUT2D eigenvalue weighted by Gasteiger charge is -2.09. The molecular formula is C14H18N4O2S2. The minimum absolute atomic E-state index is 0.378. The Hall–Kier alpha value is -1.93. The highest BCUT2D eigenvalue weighted by molar-refractivity contribution is 7.80. The fraction of sp³-hybridized carbons (Fsp3) is 0.357. The predicted octanol–water partition coefficient (Wildman–Crippen LogP) is 2.55. The number of esters is 1. The zero-order valence-electron chi connectivity index (χ0n) is 12.7. The van der Waals surface area contributed by atoms with Crippen LogP contribution in [0.25, 0.3) is 0 Å². The minimum atomic E-state index is -0.378. The molecule has 0 aromatic carbocycles. The van der Waals surface area contributed by atoms with Gasteiger partial charge in [0.2, 0.25) is 0 Å². The summed E-state index contributed by atoms with van der Waals surface area (Å²) in [6, 6.07) is 3.72. The van der Waals surface area contributed by atoms with Crippen molar-refractivity contribution in [2.45, 2.75) is 26.9 Å². The first-order valence-electron chi connectivity index (χ1n) is 6.79. The first-order valence-corrected chi connectivity index (χ1v) is 8.02. The molecule has 0 unspecified atom stereocenters. The van der Waals surface area contributed by atoms with E-state index in [2.05, 4.69) is 15.7 Å². The molecule has 0 aliphatic rings. The molecule has 0 fully saturated rings. The molecule has 0 aliphatic carbocycles. The molecule has 6 nitrogen and oxygen atoms in total. The zero-order chi connectivity index (χ0) is 16.1. The molecule has 2 aromatic rings. The molecule has 2 aromatic heterocycles. The Balaban J connectivity index is 1.96. The maximum atomic E-state index is 11.7. The highest BCUT2D eigenvalue weighted by Crippen LogP contribution is 2.28. The van der Waals surface area contributed by atoms with Gasteiger partial charge in [0.25, 0.3) is 0 Å². The summed E-state index contributed by atoms with van der Waals surface area (Å²) < 4.78 is 6.62. The third-order valence-corrected chi connectivity index (χ3v) is 4.15. The number of hydrogen-bond acceptors (Lipinski definition) is 5. The summed E-state index contributed by atoms with van der Waals surface area (Å²) in [4.78, 5) is 12.7. The second-order valence-corrected chi connectivity index (χ2v) is 6.23. The number of ether oxygens (including phenoxy) is 1. The predicted molar refractivity (Wildman–Crippen MR) is 91.4 cm³/mol. The second-order valence-electron chi connectivity index (χ2n) is 4.56. The van der Waals surface area contributed by atoms with Crippen molar-refractivity contribution >= 4 is 39.6 Å². The number of nitrogens with zero attached hydrogens (tertiary/aromatic N) is 2. The first-order chi connectivity index (χ1) is 10.5. The van der Waals surface area contributed by atoms with Gasteiger partial charge in [-0.25, -0.2) is 4.79 Å². The van der Waals surface area contributed by atoms with Crippen molar-refractivity contribution in [2.75, 3.05) is 12.4 Å². The molecule has 2 rings (SSSR count). The van der Waals surface area contributed by atoms with Crippen molar-refractivity contribution < 1.29 is 9.53 Å². The summed E-state index contributed by atoms with van der Waals surface area (Å²) in [6.07, 6.45) is 1.92. The standard InChI is InChI=1S/C14H18N4O2S2/c1-4-18-6-5-10(17-18)8-15-14(21)16-12-11(13(19)20-3)7-9(2)22-12/h5-7H,4,8H2,1-3H3,(H2,15,16,21). The topological polar surface area (TPSA) is 68.2 Å². The Morgan fingerprint density at radius 2 is 2.32 bits per heavy atom. The molecule has 0 aliphatic heterocycles. The Morgan fingerprint density at radius 1 is 1.55 bits per heavy atom. The van der Waals surface area contributed by atoms with Crippen LogP contribution in [-0.4, -0.2) is 28.0 Å². The quantitative estimate of drug-likeness (QED) is 0.645. The van der Waals surface area contributed by atoms with E-state index in [1.54, 1.807) is 6.07 Å². The molecule has 8 heteroatoms. The molecular weight excluding hydrogens is 320 g/mol. The van der Waals surface area contributed by atoms with Gasteiger partial charge in [-0.2, -0.15) is 5.10 Å². The van der Waals surface area contributed by atoms with Gasteiger partial charge in [-0.15, -0.1) is 11.3 Å². The number of carbonyl (C=O) groups excluding carboxylic acids is 1. The largest absolute Gasteiger partial charge is 0.465 e. The Kier molecular flexibility index (Phi) is 5.51. The van der Waals surface area contributed by atoms with E-state index in [0.717, 1.165) is 17.1 Å². The van der Waals surface area contributed by atoms with Crippen molar-refractivity contribution in [3.63, 3.8) is 0 Å². The number of carbonyl (C=O) groups is 1. The van der Waals surface area contributed by atoms with Gasteiger partial charge in [0.05, 0.1) is 24.9 Å². The summed E-state index contributed by atoms with van der Waals surface area (Å²) in [7, 11) is 1.36. The third-order valence-electron chi connectivity index (χ3n) is 2.94. The van der Waals surface area contributed by atoms with Crippen LogP contribution in [0, 0.1) is 6.92 Å². The van der Waals surface area contributed by atoms with E-state index < -0.39 is 0 Å². The molecule has 0 spiro atoms. The number of aryl methyl sites for hydroxylation is 2. The minimum Gasteiger partial charge on any atom is -0.465 e. The number of hydrogen-bond donors (Lipinski definition) is 2. The van der Waals surface area contributed by atoms with Gasteiger partial charge in [-0.1, -0.05) is 0 Å².